The van der Waals surface area contributed by atoms with Crippen molar-refractivity contribution in [2.45, 2.75) is 32.2 Å². The third-order valence-electron chi connectivity index (χ3n) is 3.58. The van der Waals surface area contributed by atoms with Crippen LogP contribution in [-0.4, -0.2) is 36.5 Å². The fourth-order valence-electron chi connectivity index (χ4n) is 2.53. The van der Waals surface area contributed by atoms with E-state index in [-0.39, 0.29) is 0 Å². The van der Waals surface area contributed by atoms with Crippen LogP contribution in [0, 0.1) is 0 Å². The highest BCUT2D eigenvalue weighted by Crippen LogP contribution is 2.14. The van der Waals surface area contributed by atoms with Gasteiger partial charge in [0, 0.05) is 18.8 Å². The molecular weight excluding hydrogens is 250 g/mol. The summed E-state index contributed by atoms with van der Waals surface area (Å²) in [6, 6.07) is 10.3. The first-order chi connectivity index (χ1) is 9.81. The number of aliphatic imine (C=N–C) groups is 1. The van der Waals surface area contributed by atoms with Crippen LogP contribution in [0.1, 0.15) is 26.2 Å². The number of benzene rings is 1. The molecule has 4 N–H and O–H groups in total. The summed E-state index contributed by atoms with van der Waals surface area (Å²) in [4.78, 5) is 7.19. The second-order valence-electron chi connectivity index (χ2n) is 5.19. The molecule has 0 saturated carbocycles. The summed E-state index contributed by atoms with van der Waals surface area (Å²) >= 11 is 0. The van der Waals surface area contributed by atoms with E-state index >= 15 is 0 Å². The lowest BCUT2D eigenvalue weighted by atomic mass is 10.1. The Morgan fingerprint density at radius 2 is 2.00 bits per heavy atom. The fraction of sp³-hybridized carbons (Fsp3) is 0.533. The Bertz CT molecular complexity index is 410. The van der Waals surface area contributed by atoms with Crippen LogP contribution in [-0.2, 0) is 0 Å². The fourth-order valence-corrected chi connectivity index (χ4v) is 2.53. The Kier molecular flexibility index (Phi) is 5.83. The number of guanidine groups is 1. The Balaban J connectivity index is 1.88. The van der Waals surface area contributed by atoms with Crippen LogP contribution < -0.4 is 16.6 Å². The molecule has 1 aromatic carbocycles. The molecule has 0 radical (unpaired) electrons. The molecular formula is C15H25N5. The number of hydrazine groups is 1. The van der Waals surface area contributed by atoms with Crippen LogP contribution in [0.2, 0.25) is 0 Å². The van der Waals surface area contributed by atoms with Gasteiger partial charge in [0.2, 0.25) is 5.96 Å². The van der Waals surface area contributed by atoms with Gasteiger partial charge in [-0.05, 0) is 37.9 Å². The quantitative estimate of drug-likeness (QED) is 0.339. The number of para-hydroxylation sites is 1. The Morgan fingerprint density at radius 1 is 1.30 bits per heavy atom. The van der Waals surface area contributed by atoms with Crippen LogP contribution in [0.4, 0.5) is 5.69 Å². The molecule has 5 heteroatoms. The average molecular weight is 275 g/mol. The third kappa shape index (κ3) is 4.51. The van der Waals surface area contributed by atoms with Crippen molar-refractivity contribution in [3.63, 3.8) is 0 Å². The summed E-state index contributed by atoms with van der Waals surface area (Å²) in [5.74, 6) is 6.20. The van der Waals surface area contributed by atoms with Gasteiger partial charge in [-0.2, -0.15) is 0 Å². The number of piperidine rings is 1. The van der Waals surface area contributed by atoms with Crippen LogP contribution in [0.5, 0.6) is 0 Å². The molecule has 1 aliphatic rings. The van der Waals surface area contributed by atoms with Gasteiger partial charge in [0.15, 0.2) is 0 Å². The zero-order valence-electron chi connectivity index (χ0n) is 12.2. The molecule has 0 aliphatic carbocycles. The number of nitrogens with one attached hydrogen (secondary N) is 2. The highest BCUT2D eigenvalue weighted by atomic mass is 15.3. The Labute approximate surface area is 121 Å². The lowest BCUT2D eigenvalue weighted by molar-refractivity contribution is 0.214. The Morgan fingerprint density at radius 3 is 2.60 bits per heavy atom. The van der Waals surface area contributed by atoms with Gasteiger partial charge in [-0.15, -0.1) is 0 Å². The van der Waals surface area contributed by atoms with E-state index in [1.807, 2.05) is 30.3 Å². The minimum Gasteiger partial charge on any atom is -0.325 e. The first-order valence-electron chi connectivity index (χ1n) is 7.40. The first kappa shape index (κ1) is 14.8. The van der Waals surface area contributed by atoms with Crippen LogP contribution >= 0.6 is 0 Å². The molecule has 20 heavy (non-hydrogen) atoms. The van der Waals surface area contributed by atoms with Crippen LogP contribution in [0.15, 0.2) is 35.3 Å². The zero-order valence-corrected chi connectivity index (χ0v) is 12.2. The average Bonchev–Trinajstić information content (AvgIpc) is 2.50. The maximum Gasteiger partial charge on any atom is 0.210 e. The smallest absolute Gasteiger partial charge is 0.210 e. The monoisotopic (exact) mass is 275 g/mol. The standard InChI is InChI=1S/C15H25N5/c1-2-10-20-11-8-14(9-12-20)18-15(19-16)17-13-6-4-3-5-7-13/h3-7,14H,2,8-12,16H2,1H3,(H2,17,18,19). The molecule has 0 bridgehead atoms. The maximum atomic E-state index is 5.56. The van der Waals surface area contributed by atoms with E-state index in [9.17, 15) is 0 Å². The molecule has 1 heterocycles. The Hall–Kier alpha value is -1.59. The molecule has 5 nitrogen and oxygen atoms in total. The molecule has 2 rings (SSSR count). The number of nitrogens with two attached hydrogens (primary N) is 1. The minimum atomic E-state index is 0.352. The van der Waals surface area contributed by atoms with Gasteiger partial charge < -0.3 is 10.2 Å². The predicted molar refractivity (Wildman–Crippen MR) is 84.6 cm³/mol. The number of likely N-dealkylation sites (tertiary alicyclic amines) is 1. The minimum absolute atomic E-state index is 0.352. The summed E-state index contributed by atoms with van der Waals surface area (Å²) in [6.07, 6.45) is 3.42. The summed E-state index contributed by atoms with van der Waals surface area (Å²) in [5, 5.41) is 3.21. The van der Waals surface area contributed by atoms with Crippen molar-refractivity contribution in [3.8, 4) is 0 Å². The predicted octanol–water partition coefficient (Wildman–Crippen LogP) is 1.79. The summed E-state index contributed by atoms with van der Waals surface area (Å²) in [5.41, 5.74) is 3.65. The van der Waals surface area contributed by atoms with Gasteiger partial charge in [-0.3, -0.25) is 5.43 Å². The highest BCUT2D eigenvalue weighted by molar-refractivity contribution is 5.93. The van der Waals surface area contributed by atoms with Gasteiger partial charge in [-0.1, -0.05) is 25.1 Å². The first-order valence-corrected chi connectivity index (χ1v) is 7.40. The van der Waals surface area contributed by atoms with Gasteiger partial charge >= 0.3 is 0 Å². The van der Waals surface area contributed by atoms with Gasteiger partial charge in [0.05, 0.1) is 6.04 Å². The van der Waals surface area contributed by atoms with E-state index in [4.69, 9.17) is 5.84 Å². The zero-order chi connectivity index (χ0) is 14.2. The maximum absolute atomic E-state index is 5.56. The van der Waals surface area contributed by atoms with Crippen molar-refractivity contribution in [3.05, 3.63) is 30.3 Å². The van der Waals surface area contributed by atoms with E-state index in [1.54, 1.807) is 0 Å². The molecule has 1 aromatic rings. The van der Waals surface area contributed by atoms with Crippen molar-refractivity contribution in [2.24, 2.45) is 10.8 Å². The summed E-state index contributed by atoms with van der Waals surface area (Å²) in [6.45, 7) is 5.68. The van der Waals surface area contributed by atoms with Gasteiger partial charge in [0.1, 0.15) is 0 Å². The van der Waals surface area contributed by atoms with Crippen molar-refractivity contribution < 1.29 is 0 Å². The number of nitrogens with zero attached hydrogens (tertiary/aromatic N) is 2. The summed E-state index contributed by atoms with van der Waals surface area (Å²) < 4.78 is 0. The van der Waals surface area contributed by atoms with Crippen molar-refractivity contribution in [1.29, 1.82) is 0 Å². The molecule has 0 amide bonds. The van der Waals surface area contributed by atoms with E-state index < -0.39 is 0 Å². The molecule has 0 atom stereocenters. The highest BCUT2D eigenvalue weighted by Gasteiger charge is 2.18. The summed E-state index contributed by atoms with van der Waals surface area (Å²) in [7, 11) is 0. The molecule has 110 valence electrons. The molecule has 0 unspecified atom stereocenters. The van der Waals surface area contributed by atoms with E-state index in [1.165, 1.54) is 13.0 Å². The second kappa shape index (κ2) is 7.87. The van der Waals surface area contributed by atoms with Gasteiger partial charge in [0.25, 0.3) is 0 Å². The molecule has 1 aliphatic heterocycles. The molecule has 1 saturated heterocycles. The lowest BCUT2D eigenvalue weighted by Gasteiger charge is -2.30. The van der Waals surface area contributed by atoms with Crippen LogP contribution in [0.25, 0.3) is 0 Å². The van der Waals surface area contributed by atoms with E-state index in [2.05, 4.69) is 27.6 Å². The largest absolute Gasteiger partial charge is 0.325 e. The van der Waals surface area contributed by atoms with E-state index in [0.29, 0.717) is 12.0 Å². The number of hydrogen-bond donors (Lipinski definition) is 3. The molecule has 0 spiro atoms. The molecule has 1 fully saturated rings. The SMILES string of the molecule is CCCN1CCC(N=C(NN)Nc2ccccc2)CC1. The number of rotatable bonds is 4. The van der Waals surface area contributed by atoms with Crippen molar-refractivity contribution >= 4 is 11.6 Å². The number of anilines is 1. The van der Waals surface area contributed by atoms with Crippen LogP contribution in [0.3, 0.4) is 0 Å². The number of hydrogen-bond acceptors (Lipinski definition) is 3. The van der Waals surface area contributed by atoms with E-state index in [0.717, 1.165) is 31.6 Å². The van der Waals surface area contributed by atoms with Crippen molar-refractivity contribution in [1.82, 2.24) is 10.3 Å². The third-order valence-corrected chi connectivity index (χ3v) is 3.58. The topological polar surface area (TPSA) is 65.7 Å². The molecule has 0 aromatic heterocycles. The van der Waals surface area contributed by atoms with Crippen molar-refractivity contribution in [2.75, 3.05) is 25.0 Å². The normalized spacial score (nSPS) is 18.0. The van der Waals surface area contributed by atoms with Gasteiger partial charge in [-0.25, -0.2) is 10.8 Å². The lowest BCUT2D eigenvalue weighted by Crippen LogP contribution is -2.40. The second-order valence-corrected chi connectivity index (χ2v) is 5.19.